The van der Waals surface area contributed by atoms with Crippen molar-refractivity contribution in [1.29, 1.82) is 5.41 Å². The van der Waals surface area contributed by atoms with E-state index in [1.54, 1.807) is 0 Å². The van der Waals surface area contributed by atoms with Crippen molar-refractivity contribution in [3.8, 4) is 0 Å². The van der Waals surface area contributed by atoms with Crippen LogP contribution in [0.1, 0.15) is 11.1 Å². The maximum absolute atomic E-state index is 7.04. The van der Waals surface area contributed by atoms with Crippen LogP contribution >= 0.6 is 15.9 Å². The maximum atomic E-state index is 7.04. The highest BCUT2D eigenvalue weighted by Crippen LogP contribution is 2.17. The predicted octanol–water partition coefficient (Wildman–Crippen LogP) is 2.76. The third-order valence-electron chi connectivity index (χ3n) is 1.47. The van der Waals surface area contributed by atoms with Gasteiger partial charge in [-0.15, -0.1) is 0 Å². The number of benzene rings is 1. The first-order valence-corrected chi connectivity index (χ1v) is 3.80. The Balaban J connectivity index is 3.27. The van der Waals surface area contributed by atoms with Gasteiger partial charge in [0.25, 0.3) is 0 Å². The first-order chi connectivity index (χ1) is 4.75. The molecular weight excluding hydrogens is 190 g/mol. The fourth-order valence-electron chi connectivity index (χ4n) is 0.781. The second-order valence-corrected chi connectivity index (χ2v) is 2.95. The monoisotopic (exact) mass is 197 g/mol. The Labute approximate surface area is 68.7 Å². The van der Waals surface area contributed by atoms with E-state index in [-0.39, 0.29) is 0 Å². The lowest BCUT2D eigenvalue weighted by Crippen LogP contribution is -1.85. The Hall–Kier alpha value is -0.630. The lowest BCUT2D eigenvalue weighted by molar-refractivity contribution is 1.40. The van der Waals surface area contributed by atoms with E-state index >= 15 is 0 Å². The molecule has 0 fully saturated rings. The molecule has 0 heterocycles. The average molecular weight is 198 g/mol. The van der Waals surface area contributed by atoms with E-state index < -0.39 is 0 Å². The second-order valence-electron chi connectivity index (χ2n) is 2.10. The molecule has 0 amide bonds. The molecule has 0 aliphatic rings. The fraction of sp³-hybridized carbons (Fsp3) is 0.125. The summed E-state index contributed by atoms with van der Waals surface area (Å²) in [5.74, 6) is 0. The van der Waals surface area contributed by atoms with E-state index in [4.69, 9.17) is 5.41 Å². The van der Waals surface area contributed by atoms with E-state index in [0.717, 1.165) is 15.6 Å². The van der Waals surface area contributed by atoms with Crippen LogP contribution in [0.2, 0.25) is 0 Å². The molecule has 1 aromatic rings. The van der Waals surface area contributed by atoms with Gasteiger partial charge in [-0.25, -0.2) is 0 Å². The molecule has 1 nitrogen and oxygen atoms in total. The molecule has 1 N–H and O–H groups in total. The van der Waals surface area contributed by atoms with Crippen LogP contribution in [0.15, 0.2) is 22.7 Å². The molecule has 0 aromatic heterocycles. The van der Waals surface area contributed by atoms with Crippen LogP contribution in [-0.4, -0.2) is 6.21 Å². The molecule has 1 rings (SSSR count). The average Bonchev–Trinajstić information content (AvgIpc) is 1.95. The number of rotatable bonds is 1. The van der Waals surface area contributed by atoms with Gasteiger partial charge in [0.1, 0.15) is 0 Å². The summed E-state index contributed by atoms with van der Waals surface area (Å²) in [4.78, 5) is 0. The fourth-order valence-corrected chi connectivity index (χ4v) is 1.16. The van der Waals surface area contributed by atoms with Gasteiger partial charge in [-0.05, 0) is 24.1 Å². The van der Waals surface area contributed by atoms with E-state index in [1.165, 1.54) is 6.21 Å². The molecule has 0 aliphatic heterocycles. The Bertz CT molecular complexity index is 255. The first-order valence-electron chi connectivity index (χ1n) is 3.01. The molecule has 0 radical (unpaired) electrons. The predicted molar refractivity (Wildman–Crippen MR) is 46.8 cm³/mol. The van der Waals surface area contributed by atoms with E-state index in [0.29, 0.717) is 0 Å². The quantitative estimate of drug-likeness (QED) is 0.671. The third-order valence-corrected chi connectivity index (χ3v) is 2.32. The highest BCUT2D eigenvalue weighted by Gasteiger charge is 1.96. The van der Waals surface area contributed by atoms with Crippen molar-refractivity contribution in [1.82, 2.24) is 0 Å². The SMILES string of the molecule is Cc1c(Br)cccc1C=N. The molecule has 52 valence electrons. The summed E-state index contributed by atoms with van der Waals surface area (Å²) in [5.41, 5.74) is 2.09. The minimum Gasteiger partial charge on any atom is -0.308 e. The first kappa shape index (κ1) is 7.48. The van der Waals surface area contributed by atoms with Gasteiger partial charge >= 0.3 is 0 Å². The van der Waals surface area contributed by atoms with Crippen molar-refractivity contribution < 1.29 is 0 Å². The number of nitrogens with one attached hydrogen (secondary N) is 1. The van der Waals surface area contributed by atoms with E-state index in [1.807, 2.05) is 25.1 Å². The van der Waals surface area contributed by atoms with Gasteiger partial charge in [0.2, 0.25) is 0 Å². The lowest BCUT2D eigenvalue weighted by atomic mass is 10.1. The normalized spacial score (nSPS) is 9.40. The molecule has 2 heteroatoms. The van der Waals surface area contributed by atoms with Crippen molar-refractivity contribution in [3.63, 3.8) is 0 Å². The van der Waals surface area contributed by atoms with Crippen LogP contribution in [0.4, 0.5) is 0 Å². The zero-order chi connectivity index (χ0) is 7.56. The summed E-state index contributed by atoms with van der Waals surface area (Å²) < 4.78 is 1.06. The van der Waals surface area contributed by atoms with Gasteiger partial charge in [-0.2, -0.15) is 0 Å². The van der Waals surface area contributed by atoms with Gasteiger partial charge in [0, 0.05) is 10.7 Å². The molecule has 0 unspecified atom stereocenters. The Morgan fingerprint density at radius 3 is 2.70 bits per heavy atom. The topological polar surface area (TPSA) is 23.9 Å². The number of hydrogen-bond acceptors (Lipinski definition) is 1. The summed E-state index contributed by atoms with van der Waals surface area (Å²) in [5, 5.41) is 7.04. The van der Waals surface area contributed by atoms with Crippen molar-refractivity contribution in [2.45, 2.75) is 6.92 Å². The van der Waals surface area contributed by atoms with Gasteiger partial charge in [0.05, 0.1) is 0 Å². The largest absolute Gasteiger partial charge is 0.308 e. The molecule has 0 saturated carbocycles. The van der Waals surface area contributed by atoms with Gasteiger partial charge in [0.15, 0.2) is 0 Å². The summed E-state index contributed by atoms with van der Waals surface area (Å²) in [6, 6.07) is 5.83. The summed E-state index contributed by atoms with van der Waals surface area (Å²) in [7, 11) is 0. The summed E-state index contributed by atoms with van der Waals surface area (Å²) in [6.45, 7) is 1.99. The number of halogens is 1. The standard InChI is InChI=1S/C8H8BrN/c1-6-7(5-10)3-2-4-8(6)9/h2-5,10H,1H3. The van der Waals surface area contributed by atoms with Gasteiger partial charge in [-0.3, -0.25) is 0 Å². The maximum Gasteiger partial charge on any atom is 0.0253 e. The molecule has 0 saturated heterocycles. The van der Waals surface area contributed by atoms with Crippen LogP contribution in [0, 0.1) is 12.3 Å². The van der Waals surface area contributed by atoms with Crippen molar-refractivity contribution in [2.75, 3.05) is 0 Å². The van der Waals surface area contributed by atoms with E-state index in [2.05, 4.69) is 15.9 Å². The lowest BCUT2D eigenvalue weighted by Gasteiger charge is -1.99. The zero-order valence-corrected chi connectivity index (χ0v) is 7.27. The van der Waals surface area contributed by atoms with Crippen LogP contribution in [0.5, 0.6) is 0 Å². The minimum absolute atomic E-state index is 0.967. The van der Waals surface area contributed by atoms with Gasteiger partial charge < -0.3 is 5.41 Å². The number of hydrogen-bond donors (Lipinski definition) is 1. The summed E-state index contributed by atoms with van der Waals surface area (Å²) >= 11 is 3.38. The Kier molecular flexibility index (Phi) is 2.22. The smallest absolute Gasteiger partial charge is 0.0253 e. The highest BCUT2D eigenvalue weighted by molar-refractivity contribution is 9.10. The van der Waals surface area contributed by atoms with Crippen molar-refractivity contribution in [3.05, 3.63) is 33.8 Å². The molecule has 10 heavy (non-hydrogen) atoms. The zero-order valence-electron chi connectivity index (χ0n) is 5.69. The van der Waals surface area contributed by atoms with Crippen LogP contribution in [0.25, 0.3) is 0 Å². The second kappa shape index (κ2) is 2.97. The highest BCUT2D eigenvalue weighted by atomic mass is 79.9. The summed E-state index contributed by atoms with van der Waals surface area (Å²) in [6.07, 6.45) is 1.36. The van der Waals surface area contributed by atoms with Crippen LogP contribution < -0.4 is 0 Å². The molecule has 0 bridgehead atoms. The van der Waals surface area contributed by atoms with Crippen LogP contribution in [-0.2, 0) is 0 Å². The van der Waals surface area contributed by atoms with Gasteiger partial charge in [-0.1, -0.05) is 28.1 Å². The molecule has 0 spiro atoms. The third kappa shape index (κ3) is 1.27. The van der Waals surface area contributed by atoms with Crippen LogP contribution in [0.3, 0.4) is 0 Å². The molecule has 1 aromatic carbocycles. The molecule has 0 atom stereocenters. The Morgan fingerprint density at radius 1 is 1.50 bits per heavy atom. The van der Waals surface area contributed by atoms with E-state index in [9.17, 15) is 0 Å². The van der Waals surface area contributed by atoms with Crippen molar-refractivity contribution >= 4 is 22.1 Å². The van der Waals surface area contributed by atoms with Crippen molar-refractivity contribution in [2.24, 2.45) is 0 Å². The Morgan fingerprint density at radius 2 is 2.20 bits per heavy atom. The minimum atomic E-state index is 0.967. The molecule has 0 aliphatic carbocycles. The molecular formula is C8H8BrN.